The molecule has 5 heterocycles. The van der Waals surface area contributed by atoms with Crippen molar-refractivity contribution >= 4 is 49.4 Å². The van der Waals surface area contributed by atoms with Crippen LogP contribution in [0.3, 0.4) is 0 Å². The number of fused-ring (bicyclic) bond motifs is 4. The highest BCUT2D eigenvalue weighted by molar-refractivity contribution is 7.23. The number of ether oxygens (including phenoxy) is 2. The number of thiophene rings is 1. The van der Waals surface area contributed by atoms with Crippen molar-refractivity contribution in [2.75, 3.05) is 37.4 Å². The summed E-state index contributed by atoms with van der Waals surface area (Å²) in [5, 5.41) is 13.4. The molecule has 2 aliphatic heterocycles. The number of pyridine rings is 1. The number of benzene rings is 1. The molecule has 0 radical (unpaired) electrons. The van der Waals surface area contributed by atoms with Gasteiger partial charge in [0.1, 0.15) is 22.2 Å². The Morgan fingerprint density at radius 1 is 1.19 bits per heavy atom. The first kappa shape index (κ1) is 29.1. The maximum Gasteiger partial charge on any atom is 0.412 e. The van der Waals surface area contributed by atoms with E-state index in [1.165, 1.54) is 0 Å². The Balaban J connectivity index is 1.50. The third-order valence-electron chi connectivity index (χ3n) is 7.80. The molecule has 0 saturated carbocycles. The highest BCUT2D eigenvalue weighted by atomic mass is 32.1. The van der Waals surface area contributed by atoms with Crippen molar-refractivity contribution in [2.24, 2.45) is 0 Å². The molecule has 0 spiro atoms. The van der Waals surface area contributed by atoms with Crippen molar-refractivity contribution < 1.29 is 23.0 Å². The van der Waals surface area contributed by atoms with Gasteiger partial charge in [-0.25, -0.2) is 23.5 Å². The molecule has 4 aromatic rings. The highest BCUT2D eigenvalue weighted by Gasteiger charge is 2.31. The Morgan fingerprint density at radius 2 is 1.91 bits per heavy atom. The molecule has 6 rings (SSSR count). The second-order valence-electron chi connectivity index (χ2n) is 12.0. The molecular weight excluding hydrogens is 576 g/mol. The van der Waals surface area contributed by atoms with Crippen LogP contribution in [0.15, 0.2) is 12.4 Å². The molecule has 0 bridgehead atoms. The number of rotatable bonds is 4. The van der Waals surface area contributed by atoms with Crippen LogP contribution in [-0.4, -0.2) is 64.8 Å². The summed E-state index contributed by atoms with van der Waals surface area (Å²) in [5.41, 5.74) is 0.734. The summed E-state index contributed by atoms with van der Waals surface area (Å²) in [6.07, 6.45) is 3.71. The van der Waals surface area contributed by atoms with Gasteiger partial charge in [0.2, 0.25) is 5.95 Å². The maximum atomic E-state index is 16.7. The van der Waals surface area contributed by atoms with Crippen molar-refractivity contribution in [3.63, 3.8) is 0 Å². The number of carbonyl (C=O) groups excluding carboxylic acids is 1. The lowest BCUT2D eigenvalue weighted by molar-refractivity contribution is 0.0636. The van der Waals surface area contributed by atoms with Gasteiger partial charge in [-0.3, -0.25) is 10.3 Å². The minimum absolute atomic E-state index is 0.0350. The van der Waals surface area contributed by atoms with E-state index in [-0.39, 0.29) is 50.6 Å². The van der Waals surface area contributed by atoms with Crippen LogP contribution in [0.25, 0.3) is 32.2 Å². The second-order valence-corrected chi connectivity index (χ2v) is 13.0. The van der Waals surface area contributed by atoms with Gasteiger partial charge in [-0.2, -0.15) is 5.26 Å². The summed E-state index contributed by atoms with van der Waals surface area (Å²) >= 11 is 0.865. The van der Waals surface area contributed by atoms with Crippen molar-refractivity contribution in [1.82, 2.24) is 19.9 Å². The standard InChI is InChI=1S/C30H31F2N7O3S/c1-30(2,3)42-29(40)37-27-16(10-33)22-25(34-12-20(31)26(22)43-27)21-19-14-41-13-18(19)17-11-35-28(36-24(17)23(21)32)39-8-6-15(7-9-39)38(4)5/h11-12,15H,6-9,13-14H2,1-5H3,(H,37,40). The lowest BCUT2D eigenvalue weighted by Crippen LogP contribution is -2.42. The number of amides is 1. The van der Waals surface area contributed by atoms with E-state index >= 15 is 8.78 Å². The van der Waals surface area contributed by atoms with Gasteiger partial charge in [0, 0.05) is 41.7 Å². The molecule has 43 heavy (non-hydrogen) atoms. The monoisotopic (exact) mass is 607 g/mol. The van der Waals surface area contributed by atoms with Crippen molar-refractivity contribution in [3.05, 3.63) is 40.7 Å². The summed E-state index contributed by atoms with van der Waals surface area (Å²) in [7, 11) is 4.13. The molecule has 0 aliphatic carbocycles. The molecular formula is C30H31F2N7O3S. The molecule has 10 nitrogen and oxygen atoms in total. The lowest BCUT2D eigenvalue weighted by Gasteiger charge is -2.35. The normalized spacial score (nSPS) is 15.7. The third kappa shape index (κ3) is 5.24. The van der Waals surface area contributed by atoms with Crippen LogP contribution in [0.5, 0.6) is 0 Å². The molecule has 1 N–H and O–H groups in total. The Kier molecular flexibility index (Phi) is 7.40. The number of piperidine rings is 1. The van der Waals surface area contributed by atoms with Gasteiger partial charge < -0.3 is 19.3 Å². The van der Waals surface area contributed by atoms with Crippen LogP contribution in [0.1, 0.15) is 50.3 Å². The van der Waals surface area contributed by atoms with E-state index in [4.69, 9.17) is 9.47 Å². The maximum absolute atomic E-state index is 16.7. The van der Waals surface area contributed by atoms with E-state index in [9.17, 15) is 10.1 Å². The van der Waals surface area contributed by atoms with Crippen LogP contribution >= 0.6 is 11.3 Å². The van der Waals surface area contributed by atoms with Gasteiger partial charge in [0.15, 0.2) is 11.6 Å². The SMILES string of the molecule is CN(C)C1CCN(c2ncc3c4c(c(-c5ncc(F)c6sc(NC(=O)OC(C)(C)C)c(C#N)c56)c(F)c3n2)COC4)CC1. The first-order valence-electron chi connectivity index (χ1n) is 14.0. The number of hydrogen-bond acceptors (Lipinski definition) is 10. The Labute approximate surface area is 251 Å². The van der Waals surface area contributed by atoms with Crippen LogP contribution in [0, 0.1) is 23.0 Å². The van der Waals surface area contributed by atoms with Crippen LogP contribution in [-0.2, 0) is 22.7 Å². The number of halogens is 2. The molecule has 1 fully saturated rings. The van der Waals surface area contributed by atoms with E-state index in [1.54, 1.807) is 27.0 Å². The Bertz CT molecular complexity index is 1800. The van der Waals surface area contributed by atoms with Crippen LogP contribution in [0.4, 0.5) is 24.5 Å². The number of nitrogens with one attached hydrogen (secondary N) is 1. The summed E-state index contributed by atoms with van der Waals surface area (Å²) in [4.78, 5) is 30.4. The molecule has 0 unspecified atom stereocenters. The number of carbonyl (C=O) groups is 1. The molecule has 1 aromatic carbocycles. The number of nitrogens with zero attached hydrogens (tertiary/aromatic N) is 6. The topological polar surface area (TPSA) is 116 Å². The predicted molar refractivity (Wildman–Crippen MR) is 160 cm³/mol. The molecule has 1 amide bonds. The molecule has 1 saturated heterocycles. The zero-order valence-corrected chi connectivity index (χ0v) is 25.4. The van der Waals surface area contributed by atoms with Gasteiger partial charge >= 0.3 is 6.09 Å². The van der Waals surface area contributed by atoms with Crippen LogP contribution in [0.2, 0.25) is 0 Å². The fourth-order valence-electron chi connectivity index (χ4n) is 5.74. The molecule has 0 atom stereocenters. The van der Waals surface area contributed by atoms with Gasteiger partial charge in [-0.1, -0.05) is 0 Å². The van der Waals surface area contributed by atoms with E-state index in [2.05, 4.69) is 50.2 Å². The van der Waals surface area contributed by atoms with Gasteiger partial charge in [-0.15, -0.1) is 11.3 Å². The van der Waals surface area contributed by atoms with Crippen molar-refractivity contribution in [1.29, 1.82) is 5.26 Å². The molecule has 2 aliphatic rings. The molecule has 3 aromatic heterocycles. The van der Waals surface area contributed by atoms with Gasteiger partial charge in [0.05, 0.1) is 35.4 Å². The smallest absolute Gasteiger partial charge is 0.412 e. The van der Waals surface area contributed by atoms with Gasteiger partial charge in [-0.05, 0) is 58.8 Å². The average molecular weight is 608 g/mol. The zero-order chi connectivity index (χ0) is 30.6. The van der Waals surface area contributed by atoms with Crippen molar-refractivity contribution in [3.8, 4) is 17.3 Å². The molecule has 13 heteroatoms. The number of hydrogen-bond donors (Lipinski definition) is 1. The minimum Gasteiger partial charge on any atom is -0.444 e. The largest absolute Gasteiger partial charge is 0.444 e. The lowest BCUT2D eigenvalue weighted by atomic mass is 9.94. The third-order valence-corrected chi connectivity index (χ3v) is 8.91. The second kappa shape index (κ2) is 10.9. The zero-order valence-electron chi connectivity index (χ0n) is 24.5. The van der Waals surface area contributed by atoms with E-state index < -0.39 is 23.3 Å². The van der Waals surface area contributed by atoms with E-state index in [0.717, 1.165) is 49.0 Å². The summed E-state index contributed by atoms with van der Waals surface area (Å²) in [5.74, 6) is -0.914. The van der Waals surface area contributed by atoms with Crippen molar-refractivity contribution in [2.45, 2.75) is 58.5 Å². The highest BCUT2D eigenvalue weighted by Crippen LogP contribution is 2.46. The summed E-state index contributed by atoms with van der Waals surface area (Å²) < 4.78 is 43.0. The molecule has 224 valence electrons. The average Bonchev–Trinajstić information content (AvgIpc) is 3.58. The first-order chi connectivity index (χ1) is 20.5. The predicted octanol–water partition coefficient (Wildman–Crippen LogP) is 5.96. The quantitative estimate of drug-likeness (QED) is 0.300. The summed E-state index contributed by atoms with van der Waals surface area (Å²) in [6, 6.07) is 2.52. The number of anilines is 2. The van der Waals surface area contributed by atoms with E-state index in [1.807, 2.05) is 0 Å². The number of aromatic nitrogens is 3. The van der Waals surface area contributed by atoms with E-state index in [0.29, 0.717) is 22.9 Å². The van der Waals surface area contributed by atoms with Crippen LogP contribution < -0.4 is 10.2 Å². The fraction of sp³-hybridized carbons (Fsp3) is 0.433. The Hall–Kier alpha value is -3.99. The fourth-order valence-corrected chi connectivity index (χ4v) is 6.78. The van der Waals surface area contributed by atoms with Gasteiger partial charge in [0.25, 0.3) is 0 Å². The Morgan fingerprint density at radius 3 is 2.58 bits per heavy atom. The number of nitriles is 1. The first-order valence-corrected chi connectivity index (χ1v) is 14.8. The minimum atomic E-state index is -0.796. The summed E-state index contributed by atoms with van der Waals surface area (Å²) in [6.45, 7) is 6.92.